The van der Waals surface area contributed by atoms with E-state index in [1.807, 2.05) is 12.1 Å². The van der Waals surface area contributed by atoms with E-state index in [9.17, 15) is 4.79 Å². The Morgan fingerprint density at radius 1 is 1.38 bits per heavy atom. The van der Waals surface area contributed by atoms with Crippen LogP contribution in [-0.4, -0.2) is 17.1 Å². The van der Waals surface area contributed by atoms with Crippen LogP contribution in [0.1, 0.15) is 19.0 Å². The zero-order valence-electron chi connectivity index (χ0n) is 11.7. The van der Waals surface area contributed by atoms with Crippen LogP contribution in [0.3, 0.4) is 0 Å². The molecule has 1 aromatic heterocycles. The van der Waals surface area contributed by atoms with Gasteiger partial charge in [-0.05, 0) is 37.5 Å². The number of nitrogens with zero attached hydrogens (tertiary/aromatic N) is 1. The van der Waals surface area contributed by atoms with Crippen molar-refractivity contribution in [3.05, 3.63) is 45.6 Å². The predicted octanol–water partition coefficient (Wildman–Crippen LogP) is 4.38. The Labute approximate surface area is 133 Å². The molecule has 1 aromatic carbocycles. The van der Waals surface area contributed by atoms with Crippen molar-refractivity contribution < 1.29 is 9.53 Å². The Hall–Kier alpha value is -1.45. The maximum Gasteiger partial charge on any atom is 0.330 e. The molecule has 0 bridgehead atoms. The van der Waals surface area contributed by atoms with Crippen LogP contribution < -0.4 is 0 Å². The van der Waals surface area contributed by atoms with Crippen LogP contribution in [0.4, 0.5) is 0 Å². The van der Waals surface area contributed by atoms with Gasteiger partial charge in [0.15, 0.2) is 0 Å². The number of hydrogen-bond donors (Lipinski definition) is 0. The van der Waals surface area contributed by atoms with E-state index in [2.05, 4.69) is 10.6 Å². The van der Waals surface area contributed by atoms with Gasteiger partial charge in [0, 0.05) is 23.7 Å². The molecule has 110 valence electrons. The molecule has 0 spiro atoms. The summed E-state index contributed by atoms with van der Waals surface area (Å²) in [5.41, 5.74) is 3.21. The molecule has 2 heterocycles. The molecular weight excluding hydrogens is 309 g/mol. The van der Waals surface area contributed by atoms with Gasteiger partial charge in [-0.25, -0.2) is 4.79 Å². The zero-order valence-corrected chi connectivity index (χ0v) is 13.2. The minimum atomic E-state index is -0.281. The van der Waals surface area contributed by atoms with Crippen molar-refractivity contribution in [3.63, 3.8) is 0 Å². The van der Waals surface area contributed by atoms with E-state index in [4.69, 9.17) is 27.9 Å². The monoisotopic (exact) mass is 323 g/mol. The van der Waals surface area contributed by atoms with Gasteiger partial charge in [-0.3, -0.25) is 0 Å². The summed E-state index contributed by atoms with van der Waals surface area (Å²) in [5, 5.41) is 2.20. The third-order valence-electron chi connectivity index (χ3n) is 3.71. The highest BCUT2D eigenvalue weighted by Crippen LogP contribution is 2.35. The lowest BCUT2D eigenvalue weighted by molar-refractivity contribution is -0.137. The Bertz CT molecular complexity index is 746. The van der Waals surface area contributed by atoms with Crippen molar-refractivity contribution in [1.82, 2.24) is 4.57 Å². The number of esters is 1. The number of hydrogen-bond acceptors (Lipinski definition) is 2. The van der Waals surface area contributed by atoms with Crippen molar-refractivity contribution in [2.75, 3.05) is 6.61 Å². The minimum absolute atomic E-state index is 0.281. The molecule has 5 heteroatoms. The normalized spacial score (nSPS) is 16.2. The van der Waals surface area contributed by atoms with E-state index in [0.29, 0.717) is 23.2 Å². The predicted molar refractivity (Wildman–Crippen MR) is 85.0 cm³/mol. The average Bonchev–Trinajstić information content (AvgIpc) is 2.81. The van der Waals surface area contributed by atoms with Crippen LogP contribution in [0.2, 0.25) is 10.0 Å². The minimum Gasteiger partial charge on any atom is -0.463 e. The van der Waals surface area contributed by atoms with Crippen LogP contribution in [0.25, 0.3) is 10.9 Å². The molecule has 0 N–H and O–H groups in total. The van der Waals surface area contributed by atoms with Crippen LogP contribution >= 0.6 is 23.2 Å². The Kier molecular flexibility index (Phi) is 3.96. The maximum atomic E-state index is 11.6. The molecule has 0 fully saturated rings. The fraction of sp³-hybridized carbons (Fsp3) is 0.312. The average molecular weight is 324 g/mol. The van der Waals surface area contributed by atoms with Gasteiger partial charge in [0.1, 0.15) is 0 Å². The van der Waals surface area contributed by atoms with Gasteiger partial charge in [0.25, 0.3) is 0 Å². The van der Waals surface area contributed by atoms with Crippen molar-refractivity contribution in [2.45, 2.75) is 26.3 Å². The lowest BCUT2D eigenvalue weighted by atomic mass is 10.0. The molecule has 3 nitrogen and oxygen atoms in total. The molecule has 0 radical (unpaired) electrons. The van der Waals surface area contributed by atoms with Gasteiger partial charge in [-0.2, -0.15) is 0 Å². The van der Waals surface area contributed by atoms with E-state index < -0.39 is 0 Å². The molecule has 1 aliphatic heterocycles. The van der Waals surface area contributed by atoms with Crippen LogP contribution in [-0.2, 0) is 22.5 Å². The van der Waals surface area contributed by atoms with Crippen molar-refractivity contribution >= 4 is 40.1 Å². The fourth-order valence-electron chi connectivity index (χ4n) is 2.77. The molecule has 0 unspecified atom stereocenters. The number of benzene rings is 1. The fourth-order valence-corrected chi connectivity index (χ4v) is 3.20. The van der Waals surface area contributed by atoms with Crippen LogP contribution in [0.5, 0.6) is 0 Å². The first-order valence-corrected chi connectivity index (χ1v) is 7.68. The summed E-state index contributed by atoms with van der Waals surface area (Å²) in [6.45, 7) is 2.84. The topological polar surface area (TPSA) is 31.2 Å². The van der Waals surface area contributed by atoms with Gasteiger partial charge in [0.05, 0.1) is 22.2 Å². The number of rotatable bonds is 2. The molecule has 0 saturated carbocycles. The number of fused-ring (bicyclic) bond motifs is 3. The van der Waals surface area contributed by atoms with Gasteiger partial charge in [-0.1, -0.05) is 29.3 Å². The van der Waals surface area contributed by atoms with Gasteiger partial charge in [0.2, 0.25) is 0 Å². The summed E-state index contributed by atoms with van der Waals surface area (Å²) in [4.78, 5) is 11.6. The highest BCUT2D eigenvalue weighted by molar-refractivity contribution is 6.45. The first kappa shape index (κ1) is 14.5. The zero-order chi connectivity index (χ0) is 15.0. The summed E-state index contributed by atoms with van der Waals surface area (Å²) in [7, 11) is 0. The summed E-state index contributed by atoms with van der Waals surface area (Å²) in [6.07, 6.45) is 3.34. The standard InChI is InChI=1S/C16H15Cl2NO2/c1-2-21-14(20)7-10-3-5-12-8-11-4-6-13(17)15(18)16(11)19(12)9-10/h4,6-8H,2-3,5,9H2,1H3/b10-7+. The number of carbonyl (C=O) groups excluding carboxylic acids is 1. The lowest BCUT2D eigenvalue weighted by Crippen LogP contribution is -2.14. The van der Waals surface area contributed by atoms with Crippen molar-refractivity contribution in [1.29, 1.82) is 0 Å². The SMILES string of the molecule is CCOC(=O)/C=C1\CCc2cc3ccc(Cl)c(Cl)c3n2C1. The highest BCUT2D eigenvalue weighted by atomic mass is 35.5. The smallest absolute Gasteiger partial charge is 0.330 e. The molecule has 2 aromatic rings. The van der Waals surface area contributed by atoms with Crippen molar-refractivity contribution in [3.8, 4) is 0 Å². The number of allylic oxidation sites excluding steroid dienone is 1. The number of ether oxygens (including phenoxy) is 1. The van der Waals surface area contributed by atoms with E-state index >= 15 is 0 Å². The van der Waals surface area contributed by atoms with Gasteiger partial charge >= 0.3 is 5.97 Å². The quantitative estimate of drug-likeness (QED) is 0.606. The van der Waals surface area contributed by atoms with E-state index in [1.54, 1.807) is 13.0 Å². The first-order valence-electron chi connectivity index (χ1n) is 6.92. The lowest BCUT2D eigenvalue weighted by Gasteiger charge is -2.19. The molecule has 0 atom stereocenters. The van der Waals surface area contributed by atoms with Gasteiger partial charge in [-0.15, -0.1) is 0 Å². The Morgan fingerprint density at radius 3 is 2.95 bits per heavy atom. The van der Waals surface area contributed by atoms with E-state index in [-0.39, 0.29) is 5.97 Å². The van der Waals surface area contributed by atoms with E-state index in [0.717, 1.165) is 29.3 Å². The number of carbonyl (C=O) groups is 1. The number of aryl methyl sites for hydroxylation is 1. The van der Waals surface area contributed by atoms with Crippen molar-refractivity contribution in [2.24, 2.45) is 0 Å². The summed E-state index contributed by atoms with van der Waals surface area (Å²) in [6, 6.07) is 5.93. The third kappa shape index (κ3) is 2.68. The number of halogens is 2. The van der Waals surface area contributed by atoms with Crippen LogP contribution in [0.15, 0.2) is 29.8 Å². The molecule has 21 heavy (non-hydrogen) atoms. The Balaban J connectivity index is 2.02. The summed E-state index contributed by atoms with van der Waals surface area (Å²) < 4.78 is 7.11. The second-order valence-corrected chi connectivity index (χ2v) is 5.86. The summed E-state index contributed by atoms with van der Waals surface area (Å²) in [5.74, 6) is -0.281. The summed E-state index contributed by atoms with van der Waals surface area (Å²) >= 11 is 12.5. The molecule has 3 rings (SSSR count). The molecule has 1 aliphatic rings. The highest BCUT2D eigenvalue weighted by Gasteiger charge is 2.19. The van der Waals surface area contributed by atoms with E-state index in [1.165, 1.54) is 5.69 Å². The van der Waals surface area contributed by atoms with Gasteiger partial charge < -0.3 is 9.30 Å². The molecular formula is C16H15Cl2NO2. The Morgan fingerprint density at radius 2 is 2.19 bits per heavy atom. The second kappa shape index (κ2) is 5.74. The first-order chi connectivity index (χ1) is 10.1. The van der Waals surface area contributed by atoms with Crippen LogP contribution in [0, 0.1) is 0 Å². The second-order valence-electron chi connectivity index (χ2n) is 5.08. The largest absolute Gasteiger partial charge is 0.463 e. The molecule has 0 amide bonds. The molecule has 0 aliphatic carbocycles. The number of aromatic nitrogens is 1. The molecule has 0 saturated heterocycles. The third-order valence-corrected chi connectivity index (χ3v) is 4.51. The maximum absolute atomic E-state index is 11.6.